The van der Waals surface area contributed by atoms with Crippen LogP contribution in [0.5, 0.6) is 0 Å². The van der Waals surface area contributed by atoms with Gasteiger partial charge in [-0.05, 0) is 73.0 Å². The van der Waals surface area contributed by atoms with Crippen LogP contribution in [-0.4, -0.2) is 35.5 Å². The number of hydrogen-bond donors (Lipinski definition) is 3. The lowest BCUT2D eigenvalue weighted by Crippen LogP contribution is -2.30. The lowest BCUT2D eigenvalue weighted by Gasteiger charge is -2.16. The number of hydrogen-bond acceptors (Lipinski definition) is 7. The van der Waals surface area contributed by atoms with E-state index in [4.69, 9.17) is 16.3 Å². The third-order valence-electron chi connectivity index (χ3n) is 7.31. The molecule has 5 aromatic rings. The Morgan fingerprint density at radius 3 is 2.28 bits per heavy atom. The number of carbonyl (C=O) groups is 4. The SMILES string of the molecule is CCOC(=O)c1c(-c2ccccc2)csc1NC(=O)C(CC)Sc1cccc(NC(=O)/C(=C/c2cccc(Cl)c2)NC(=O)c2ccccc2)c1. The molecule has 11 heteroatoms. The minimum Gasteiger partial charge on any atom is -0.462 e. The van der Waals surface area contributed by atoms with E-state index in [-0.39, 0.29) is 18.2 Å². The van der Waals surface area contributed by atoms with Crippen LogP contribution in [0.1, 0.15) is 46.5 Å². The van der Waals surface area contributed by atoms with Crippen molar-refractivity contribution in [2.75, 3.05) is 17.2 Å². The second-order valence-electron chi connectivity index (χ2n) is 10.9. The number of carbonyl (C=O) groups excluding carboxylic acids is 4. The molecule has 3 amide bonds. The van der Waals surface area contributed by atoms with Gasteiger partial charge in [0.25, 0.3) is 11.8 Å². The molecule has 0 aliphatic carbocycles. The summed E-state index contributed by atoms with van der Waals surface area (Å²) in [4.78, 5) is 53.9. The van der Waals surface area contributed by atoms with E-state index >= 15 is 0 Å². The quantitative estimate of drug-likeness (QED) is 0.0635. The van der Waals surface area contributed by atoms with Gasteiger partial charge in [-0.15, -0.1) is 23.1 Å². The molecule has 0 aliphatic rings. The van der Waals surface area contributed by atoms with Crippen LogP contribution in [0.3, 0.4) is 0 Å². The second kappa shape index (κ2) is 17.5. The largest absolute Gasteiger partial charge is 0.462 e. The van der Waals surface area contributed by atoms with E-state index in [1.165, 1.54) is 23.1 Å². The maximum Gasteiger partial charge on any atom is 0.341 e. The molecule has 1 unspecified atom stereocenters. The summed E-state index contributed by atoms with van der Waals surface area (Å²) in [5.74, 6) is -1.76. The summed E-state index contributed by atoms with van der Waals surface area (Å²) in [6.07, 6.45) is 2.05. The normalized spacial score (nSPS) is 11.7. The number of benzene rings is 4. The van der Waals surface area contributed by atoms with Crippen molar-refractivity contribution >= 4 is 75.2 Å². The summed E-state index contributed by atoms with van der Waals surface area (Å²) in [7, 11) is 0. The van der Waals surface area contributed by atoms with Crippen molar-refractivity contribution in [1.29, 1.82) is 0 Å². The van der Waals surface area contributed by atoms with Gasteiger partial charge in [-0.2, -0.15) is 0 Å². The van der Waals surface area contributed by atoms with Crippen molar-refractivity contribution in [3.8, 4) is 11.1 Å². The molecule has 0 spiro atoms. The Bertz CT molecular complexity index is 2010. The van der Waals surface area contributed by atoms with Crippen LogP contribution >= 0.6 is 34.7 Å². The number of amides is 3. The van der Waals surface area contributed by atoms with Crippen molar-refractivity contribution in [3.05, 3.63) is 142 Å². The molecular weight excluding hydrogens is 690 g/mol. The van der Waals surface area contributed by atoms with Gasteiger partial charge in [0.1, 0.15) is 16.3 Å². The number of thiophene rings is 1. The highest BCUT2D eigenvalue weighted by Crippen LogP contribution is 2.37. The summed E-state index contributed by atoms with van der Waals surface area (Å²) >= 11 is 8.77. The van der Waals surface area contributed by atoms with Gasteiger partial charge in [0.2, 0.25) is 5.91 Å². The third kappa shape index (κ3) is 9.50. The number of rotatable bonds is 13. The Balaban J connectivity index is 1.32. The Labute approximate surface area is 303 Å². The minimum atomic E-state index is -0.542. The van der Waals surface area contributed by atoms with Gasteiger partial charge in [0, 0.05) is 32.1 Å². The van der Waals surface area contributed by atoms with E-state index in [0.717, 1.165) is 10.5 Å². The molecule has 5 rings (SSSR count). The fourth-order valence-corrected chi connectivity index (χ4v) is 7.09. The van der Waals surface area contributed by atoms with Gasteiger partial charge in [0.05, 0.1) is 11.9 Å². The van der Waals surface area contributed by atoms with Crippen molar-refractivity contribution in [2.24, 2.45) is 0 Å². The van der Waals surface area contributed by atoms with Crippen LogP contribution in [0, 0.1) is 0 Å². The van der Waals surface area contributed by atoms with Gasteiger partial charge in [-0.25, -0.2) is 4.79 Å². The molecule has 0 fully saturated rings. The molecule has 4 aromatic carbocycles. The van der Waals surface area contributed by atoms with Gasteiger partial charge in [-0.3, -0.25) is 14.4 Å². The average Bonchev–Trinajstić information content (AvgIpc) is 3.54. The first-order valence-corrected chi connectivity index (χ1v) is 18.0. The van der Waals surface area contributed by atoms with E-state index < -0.39 is 23.0 Å². The number of halogens is 1. The fraction of sp³-hybridized carbons (Fsp3) is 0.128. The Morgan fingerprint density at radius 1 is 0.860 bits per heavy atom. The summed E-state index contributed by atoms with van der Waals surface area (Å²) in [6.45, 7) is 3.84. The summed E-state index contributed by atoms with van der Waals surface area (Å²) in [5, 5.41) is 10.8. The predicted molar refractivity (Wildman–Crippen MR) is 203 cm³/mol. The number of anilines is 2. The first-order chi connectivity index (χ1) is 24.2. The van der Waals surface area contributed by atoms with Crippen LogP contribution in [0.15, 0.2) is 125 Å². The van der Waals surface area contributed by atoms with Crippen molar-refractivity contribution < 1.29 is 23.9 Å². The molecule has 0 saturated heterocycles. The molecule has 1 atom stereocenters. The third-order valence-corrected chi connectivity index (χ3v) is 9.80. The molecule has 0 bridgehead atoms. The van der Waals surface area contributed by atoms with Gasteiger partial charge >= 0.3 is 5.97 Å². The zero-order chi connectivity index (χ0) is 35.5. The van der Waals surface area contributed by atoms with Crippen LogP contribution in [0.25, 0.3) is 17.2 Å². The molecule has 1 aromatic heterocycles. The predicted octanol–water partition coefficient (Wildman–Crippen LogP) is 9.16. The van der Waals surface area contributed by atoms with Gasteiger partial charge in [0.15, 0.2) is 0 Å². The van der Waals surface area contributed by atoms with E-state index in [1.807, 2.05) is 48.7 Å². The zero-order valence-corrected chi connectivity index (χ0v) is 29.7. The highest BCUT2D eigenvalue weighted by molar-refractivity contribution is 8.00. The van der Waals surface area contributed by atoms with Crippen molar-refractivity contribution in [1.82, 2.24) is 5.32 Å². The molecule has 8 nitrogen and oxygen atoms in total. The highest BCUT2D eigenvalue weighted by Gasteiger charge is 2.26. The standard InChI is InChI=1S/C39H34ClN3O5S2/c1-3-33(37(46)43-38-34(39(47)48-4-2)31(24-49-38)26-14-7-5-8-15-26)50-30-20-12-19-29(23-30)41-36(45)32(22-25-13-11-18-28(40)21-25)42-35(44)27-16-9-6-10-17-27/h5-24,33H,3-4H2,1-2H3,(H,41,45)(H,42,44)(H,43,46)/b32-22-. The first-order valence-electron chi connectivity index (χ1n) is 15.8. The number of thioether (sulfide) groups is 1. The smallest absolute Gasteiger partial charge is 0.341 e. The van der Waals surface area contributed by atoms with E-state index in [0.29, 0.717) is 44.4 Å². The van der Waals surface area contributed by atoms with Crippen molar-refractivity contribution in [3.63, 3.8) is 0 Å². The Morgan fingerprint density at radius 2 is 1.58 bits per heavy atom. The maximum absolute atomic E-state index is 13.6. The van der Waals surface area contributed by atoms with Crippen LogP contribution in [-0.2, 0) is 14.3 Å². The topological polar surface area (TPSA) is 114 Å². The monoisotopic (exact) mass is 723 g/mol. The average molecular weight is 724 g/mol. The van der Waals surface area contributed by atoms with E-state index in [2.05, 4.69) is 16.0 Å². The maximum atomic E-state index is 13.6. The lowest BCUT2D eigenvalue weighted by molar-refractivity contribution is -0.116. The molecule has 254 valence electrons. The van der Waals surface area contributed by atoms with Gasteiger partial charge in [-0.1, -0.05) is 85.3 Å². The number of nitrogens with one attached hydrogen (secondary N) is 3. The van der Waals surface area contributed by atoms with E-state index in [1.54, 1.807) is 85.8 Å². The minimum absolute atomic E-state index is 0.0215. The molecule has 1 heterocycles. The lowest BCUT2D eigenvalue weighted by atomic mass is 10.0. The molecule has 3 N–H and O–H groups in total. The van der Waals surface area contributed by atoms with Crippen molar-refractivity contribution in [2.45, 2.75) is 30.4 Å². The molecular formula is C39H34ClN3O5S2. The second-order valence-corrected chi connectivity index (χ2v) is 13.5. The molecule has 0 saturated carbocycles. The van der Waals surface area contributed by atoms with Crippen LogP contribution in [0.2, 0.25) is 5.02 Å². The molecule has 50 heavy (non-hydrogen) atoms. The zero-order valence-electron chi connectivity index (χ0n) is 27.3. The summed E-state index contributed by atoms with van der Waals surface area (Å²) in [6, 6.07) is 32.1. The fourth-order valence-electron chi connectivity index (χ4n) is 4.92. The first kappa shape index (κ1) is 36.1. The Kier molecular flexibility index (Phi) is 12.6. The molecule has 0 radical (unpaired) electrons. The van der Waals surface area contributed by atoms with E-state index in [9.17, 15) is 19.2 Å². The number of esters is 1. The van der Waals surface area contributed by atoms with Crippen LogP contribution < -0.4 is 16.0 Å². The van der Waals surface area contributed by atoms with Gasteiger partial charge < -0.3 is 20.7 Å². The Hall–Kier alpha value is -5.16. The van der Waals surface area contributed by atoms with Crippen LogP contribution in [0.4, 0.5) is 10.7 Å². The summed E-state index contributed by atoms with van der Waals surface area (Å²) < 4.78 is 5.34. The highest BCUT2D eigenvalue weighted by atomic mass is 35.5. The number of ether oxygens (including phenoxy) is 1. The summed E-state index contributed by atoms with van der Waals surface area (Å²) in [5.41, 5.74) is 3.37. The molecule has 0 aliphatic heterocycles.